The Labute approximate surface area is 149 Å². The summed E-state index contributed by atoms with van der Waals surface area (Å²) in [5.74, 6) is 0. The summed E-state index contributed by atoms with van der Waals surface area (Å²) in [5.41, 5.74) is 1.25. The number of hydrogen-bond donors (Lipinski definition) is 1. The van der Waals surface area contributed by atoms with E-state index < -0.39 is 0 Å². The second-order valence-corrected chi connectivity index (χ2v) is 6.85. The molecule has 2 aromatic rings. The summed E-state index contributed by atoms with van der Waals surface area (Å²) in [4.78, 5) is 13.9. The van der Waals surface area contributed by atoms with E-state index >= 15 is 0 Å². The highest BCUT2D eigenvalue weighted by atomic mass is 16.5. The Balaban J connectivity index is 1.31. The van der Waals surface area contributed by atoms with Crippen molar-refractivity contribution >= 4 is 16.9 Å². The molecule has 1 fully saturated rings. The normalized spacial score (nSPS) is 17.1. The van der Waals surface area contributed by atoms with Crippen LogP contribution in [0.1, 0.15) is 32.1 Å². The van der Waals surface area contributed by atoms with Gasteiger partial charge in [0.2, 0.25) is 0 Å². The summed E-state index contributed by atoms with van der Waals surface area (Å²) < 4.78 is 7.86. The molecule has 1 aromatic carbocycles. The van der Waals surface area contributed by atoms with Gasteiger partial charge in [-0.05, 0) is 49.6 Å². The molecule has 5 nitrogen and oxygen atoms in total. The number of hydrogen-bond acceptors (Lipinski definition) is 2. The molecule has 1 N–H and O–H groups in total. The van der Waals surface area contributed by atoms with Crippen LogP contribution in [-0.4, -0.2) is 48.3 Å². The summed E-state index contributed by atoms with van der Waals surface area (Å²) in [6.07, 6.45) is 7.86. The SMILES string of the molecule is CN(CCC[C@H]1CCCO1)C(=O)NCCCn1ccc2ccccc21. The van der Waals surface area contributed by atoms with Crippen LogP contribution in [0.2, 0.25) is 0 Å². The van der Waals surface area contributed by atoms with Gasteiger partial charge in [-0.3, -0.25) is 0 Å². The van der Waals surface area contributed by atoms with Gasteiger partial charge >= 0.3 is 6.03 Å². The van der Waals surface area contributed by atoms with E-state index in [4.69, 9.17) is 4.74 Å². The summed E-state index contributed by atoms with van der Waals surface area (Å²) >= 11 is 0. The highest BCUT2D eigenvalue weighted by molar-refractivity contribution is 5.79. The molecule has 2 amide bonds. The standard InChI is InChI=1S/C20H29N3O2/c1-22(13-4-8-18-9-5-16-25-18)20(24)21-12-6-14-23-15-11-17-7-2-3-10-19(17)23/h2-3,7,10-11,15,18H,4-6,8-9,12-14,16H2,1H3,(H,21,24)/t18-/m0/s1. The molecule has 0 unspecified atom stereocenters. The van der Waals surface area contributed by atoms with Crippen LogP contribution in [0.15, 0.2) is 36.5 Å². The third-order valence-corrected chi connectivity index (χ3v) is 4.92. The fourth-order valence-electron chi connectivity index (χ4n) is 3.44. The molecule has 2 heterocycles. The van der Waals surface area contributed by atoms with Crippen LogP contribution in [0.4, 0.5) is 4.79 Å². The maximum absolute atomic E-state index is 12.1. The molecule has 136 valence electrons. The molecule has 1 saturated heterocycles. The van der Waals surface area contributed by atoms with Gasteiger partial charge in [0.25, 0.3) is 0 Å². The molecule has 3 rings (SSSR count). The average Bonchev–Trinajstić information content (AvgIpc) is 3.28. The number of carbonyl (C=O) groups excluding carboxylic acids is 1. The topological polar surface area (TPSA) is 46.5 Å². The van der Waals surface area contributed by atoms with E-state index in [-0.39, 0.29) is 6.03 Å². The zero-order valence-electron chi connectivity index (χ0n) is 15.1. The molecule has 0 spiro atoms. The molecule has 1 aromatic heterocycles. The lowest BCUT2D eigenvalue weighted by molar-refractivity contribution is 0.100. The summed E-state index contributed by atoms with van der Waals surface area (Å²) in [6, 6.07) is 10.5. The quantitative estimate of drug-likeness (QED) is 0.744. The molecule has 1 aliphatic rings. The van der Waals surface area contributed by atoms with Crippen molar-refractivity contribution in [2.45, 2.75) is 44.8 Å². The molecule has 25 heavy (non-hydrogen) atoms. The van der Waals surface area contributed by atoms with E-state index in [1.807, 2.05) is 7.05 Å². The third-order valence-electron chi connectivity index (χ3n) is 4.92. The number of ether oxygens (including phenoxy) is 1. The van der Waals surface area contributed by atoms with Crippen molar-refractivity contribution in [3.05, 3.63) is 36.5 Å². The van der Waals surface area contributed by atoms with Gasteiger partial charge in [-0.15, -0.1) is 0 Å². The van der Waals surface area contributed by atoms with Gasteiger partial charge < -0.3 is 19.5 Å². The lowest BCUT2D eigenvalue weighted by Crippen LogP contribution is -2.38. The molecule has 0 aliphatic carbocycles. The molecular formula is C20H29N3O2. The van der Waals surface area contributed by atoms with Gasteiger partial charge in [0.05, 0.1) is 6.10 Å². The summed E-state index contributed by atoms with van der Waals surface area (Å²) in [7, 11) is 1.87. The predicted octanol–water partition coefficient (Wildman–Crippen LogP) is 3.63. The van der Waals surface area contributed by atoms with E-state index in [0.29, 0.717) is 12.6 Å². The van der Waals surface area contributed by atoms with Crippen LogP contribution in [-0.2, 0) is 11.3 Å². The monoisotopic (exact) mass is 343 g/mol. The van der Waals surface area contributed by atoms with Gasteiger partial charge in [-0.25, -0.2) is 4.79 Å². The number of fused-ring (bicyclic) bond motifs is 1. The van der Waals surface area contributed by atoms with Crippen molar-refractivity contribution < 1.29 is 9.53 Å². The number of nitrogens with zero attached hydrogens (tertiary/aromatic N) is 2. The number of aromatic nitrogens is 1. The van der Waals surface area contributed by atoms with Crippen molar-refractivity contribution in [3.8, 4) is 0 Å². The van der Waals surface area contributed by atoms with Gasteiger partial charge in [0.15, 0.2) is 0 Å². The minimum absolute atomic E-state index is 0.0182. The number of benzene rings is 1. The highest BCUT2D eigenvalue weighted by Gasteiger charge is 2.15. The molecule has 0 bridgehead atoms. The summed E-state index contributed by atoms with van der Waals surface area (Å²) in [6.45, 7) is 3.30. The Hall–Kier alpha value is -2.01. The number of urea groups is 1. The molecule has 0 saturated carbocycles. The van der Waals surface area contributed by atoms with Crippen LogP contribution < -0.4 is 5.32 Å². The van der Waals surface area contributed by atoms with Gasteiger partial charge in [-0.2, -0.15) is 0 Å². The first kappa shape index (κ1) is 17.8. The Morgan fingerprint density at radius 2 is 2.20 bits per heavy atom. The first-order chi connectivity index (χ1) is 12.2. The minimum Gasteiger partial charge on any atom is -0.378 e. The van der Waals surface area contributed by atoms with Crippen LogP contribution in [0.5, 0.6) is 0 Å². The number of carbonyl (C=O) groups is 1. The molecular weight excluding hydrogens is 314 g/mol. The maximum atomic E-state index is 12.1. The third kappa shape index (κ3) is 4.98. The van der Waals surface area contributed by atoms with Gasteiger partial charge in [-0.1, -0.05) is 18.2 Å². The molecule has 0 radical (unpaired) electrons. The maximum Gasteiger partial charge on any atom is 0.317 e. The Bertz CT molecular complexity index is 676. The highest BCUT2D eigenvalue weighted by Crippen LogP contribution is 2.17. The number of para-hydroxylation sites is 1. The fraction of sp³-hybridized carbons (Fsp3) is 0.550. The lowest BCUT2D eigenvalue weighted by atomic mass is 10.1. The zero-order chi connectivity index (χ0) is 17.5. The number of aryl methyl sites for hydroxylation is 1. The van der Waals surface area contributed by atoms with Crippen molar-refractivity contribution in [1.82, 2.24) is 14.8 Å². The minimum atomic E-state index is 0.0182. The van der Waals surface area contributed by atoms with E-state index in [2.05, 4.69) is 46.4 Å². The van der Waals surface area contributed by atoms with Crippen LogP contribution in [0, 0.1) is 0 Å². The Morgan fingerprint density at radius 3 is 3.04 bits per heavy atom. The Morgan fingerprint density at radius 1 is 1.32 bits per heavy atom. The zero-order valence-corrected chi connectivity index (χ0v) is 15.1. The largest absolute Gasteiger partial charge is 0.378 e. The number of amides is 2. The van der Waals surface area contributed by atoms with Gasteiger partial charge in [0.1, 0.15) is 0 Å². The fourth-order valence-corrected chi connectivity index (χ4v) is 3.44. The second kappa shape index (κ2) is 8.90. The first-order valence-electron chi connectivity index (χ1n) is 9.38. The number of nitrogens with one attached hydrogen (secondary N) is 1. The van der Waals surface area contributed by atoms with Crippen LogP contribution in [0.3, 0.4) is 0 Å². The Kier molecular flexibility index (Phi) is 6.34. The van der Waals surface area contributed by atoms with Crippen LogP contribution in [0.25, 0.3) is 10.9 Å². The average molecular weight is 343 g/mol. The van der Waals surface area contributed by atoms with E-state index in [9.17, 15) is 4.79 Å². The predicted molar refractivity (Wildman–Crippen MR) is 101 cm³/mol. The lowest BCUT2D eigenvalue weighted by Gasteiger charge is -2.19. The smallest absolute Gasteiger partial charge is 0.317 e. The van der Waals surface area contributed by atoms with E-state index in [1.165, 1.54) is 23.7 Å². The molecule has 1 aliphatic heterocycles. The summed E-state index contributed by atoms with van der Waals surface area (Å²) in [5, 5.41) is 4.28. The van der Waals surface area contributed by atoms with Crippen molar-refractivity contribution in [2.75, 3.05) is 26.7 Å². The second-order valence-electron chi connectivity index (χ2n) is 6.85. The van der Waals surface area contributed by atoms with Gasteiger partial charge in [0, 0.05) is 45.0 Å². The van der Waals surface area contributed by atoms with E-state index in [1.54, 1.807) is 4.90 Å². The van der Waals surface area contributed by atoms with Crippen LogP contribution >= 0.6 is 0 Å². The molecule has 1 atom stereocenters. The van der Waals surface area contributed by atoms with Crippen molar-refractivity contribution in [2.24, 2.45) is 0 Å². The molecule has 5 heteroatoms. The first-order valence-corrected chi connectivity index (χ1v) is 9.38. The van der Waals surface area contributed by atoms with Crippen molar-refractivity contribution in [1.29, 1.82) is 0 Å². The number of rotatable bonds is 8. The van der Waals surface area contributed by atoms with Crippen molar-refractivity contribution in [3.63, 3.8) is 0 Å². The van der Waals surface area contributed by atoms with E-state index in [0.717, 1.165) is 39.0 Å².